The van der Waals surface area contributed by atoms with Crippen molar-refractivity contribution in [3.8, 4) is 40.3 Å². The lowest BCUT2D eigenvalue weighted by atomic mass is 10.1. The Bertz CT molecular complexity index is 1970. The predicted octanol–water partition coefficient (Wildman–Crippen LogP) is 3.40. The van der Waals surface area contributed by atoms with Crippen molar-refractivity contribution in [1.82, 2.24) is 29.1 Å². The predicted molar refractivity (Wildman–Crippen MR) is 139 cm³/mol. The van der Waals surface area contributed by atoms with Crippen molar-refractivity contribution < 1.29 is 9.13 Å². The smallest absolute Gasteiger partial charge is 0.336 e. The lowest BCUT2D eigenvalue weighted by molar-refractivity contribution is 0.386. The molecule has 38 heavy (non-hydrogen) atoms. The number of benzene rings is 1. The molecule has 0 saturated heterocycles. The molecule has 0 unspecified atom stereocenters. The van der Waals surface area contributed by atoms with Gasteiger partial charge in [-0.15, -0.1) is 22.9 Å². The van der Waals surface area contributed by atoms with Gasteiger partial charge in [0.25, 0.3) is 5.56 Å². The van der Waals surface area contributed by atoms with E-state index in [-0.39, 0.29) is 40.7 Å². The molecule has 1 aromatic carbocycles. The molecule has 0 bridgehead atoms. The summed E-state index contributed by atoms with van der Waals surface area (Å²) in [5.74, 6) is 1.86. The number of aromatic nitrogens is 6. The maximum atomic E-state index is 14.3. The number of fused-ring (bicyclic) bond motifs is 2. The number of hydrogen-bond donors (Lipinski definition) is 0. The Morgan fingerprint density at radius 2 is 2.08 bits per heavy atom. The summed E-state index contributed by atoms with van der Waals surface area (Å²) >= 11 is 1.12. The van der Waals surface area contributed by atoms with Gasteiger partial charge in [-0.2, -0.15) is 5.26 Å². The van der Waals surface area contributed by atoms with Gasteiger partial charge in [-0.25, -0.2) is 18.4 Å². The Morgan fingerprint density at radius 3 is 2.79 bits per heavy atom. The summed E-state index contributed by atoms with van der Waals surface area (Å²) in [5, 5.41) is 17.6. The van der Waals surface area contributed by atoms with E-state index in [4.69, 9.17) is 11.2 Å². The Hall–Kier alpha value is -4.81. The third-order valence-corrected chi connectivity index (χ3v) is 7.62. The van der Waals surface area contributed by atoms with Crippen molar-refractivity contribution in [3.05, 3.63) is 62.8 Å². The minimum atomic E-state index is -0.617. The summed E-state index contributed by atoms with van der Waals surface area (Å²) in [7, 11) is 1.34. The number of terminal acetylenes is 1. The number of aryl methyl sites for hydroxylation is 1. The third kappa shape index (κ3) is 3.57. The Morgan fingerprint density at radius 1 is 1.26 bits per heavy atom. The Kier molecular flexibility index (Phi) is 5.55. The zero-order valence-corrected chi connectivity index (χ0v) is 20.8. The fourth-order valence-corrected chi connectivity index (χ4v) is 5.64. The van der Waals surface area contributed by atoms with Crippen LogP contribution in [-0.4, -0.2) is 36.2 Å². The molecule has 6 rings (SSSR count). The van der Waals surface area contributed by atoms with Crippen LogP contribution in [0.3, 0.4) is 0 Å². The first kappa shape index (κ1) is 23.6. The maximum Gasteiger partial charge on any atom is 0.336 e. The SMILES string of the molecule is C#Cc1cc(F)c(OC)cc1-c1cc2c(s1)c(=O)n(-c1cncc3nnn(C4CC4)c13)c(=O)n2CCC#N. The van der Waals surface area contributed by atoms with E-state index in [2.05, 4.69) is 27.3 Å². The van der Waals surface area contributed by atoms with Crippen LogP contribution >= 0.6 is 11.3 Å². The van der Waals surface area contributed by atoms with Crippen LogP contribution in [0.2, 0.25) is 0 Å². The second-order valence-electron chi connectivity index (χ2n) is 8.78. The third-order valence-electron chi connectivity index (χ3n) is 6.47. The number of hydrogen-bond acceptors (Lipinski definition) is 8. The summed E-state index contributed by atoms with van der Waals surface area (Å²) in [6.07, 6.45) is 10.5. The van der Waals surface area contributed by atoms with Crippen LogP contribution < -0.4 is 16.0 Å². The van der Waals surface area contributed by atoms with E-state index < -0.39 is 17.1 Å². The van der Waals surface area contributed by atoms with Crippen molar-refractivity contribution in [3.63, 3.8) is 0 Å². The first-order valence-electron chi connectivity index (χ1n) is 11.7. The van der Waals surface area contributed by atoms with Crippen LogP contribution in [0, 0.1) is 29.5 Å². The van der Waals surface area contributed by atoms with E-state index in [0.717, 1.165) is 28.7 Å². The number of ether oxygens (including phenoxy) is 1. The highest BCUT2D eigenvalue weighted by molar-refractivity contribution is 7.22. The molecule has 5 aromatic rings. The molecular weight excluding hydrogens is 509 g/mol. The van der Waals surface area contributed by atoms with E-state index in [0.29, 0.717) is 27.0 Å². The van der Waals surface area contributed by atoms with Crippen molar-refractivity contribution in [2.75, 3.05) is 7.11 Å². The van der Waals surface area contributed by atoms with Gasteiger partial charge in [0.15, 0.2) is 11.6 Å². The van der Waals surface area contributed by atoms with E-state index >= 15 is 0 Å². The molecule has 1 aliphatic rings. The zero-order valence-electron chi connectivity index (χ0n) is 20.0. The Labute approximate surface area is 218 Å². The van der Waals surface area contributed by atoms with Crippen LogP contribution in [0.1, 0.15) is 30.9 Å². The molecule has 0 aliphatic heterocycles. The van der Waals surface area contributed by atoms with Gasteiger partial charge in [-0.05, 0) is 31.0 Å². The first-order chi connectivity index (χ1) is 18.5. The molecule has 0 spiro atoms. The standard InChI is InChI=1S/C26H18FN7O3S/c1-3-14-9-17(27)21(37-2)10-16(14)22-11-19-24(38-22)25(35)33(26(36)32(19)8-4-7-28)20-13-29-12-18-23(20)34(31-30-18)15-5-6-15/h1,9-13,15H,4-6,8H2,2H3. The van der Waals surface area contributed by atoms with E-state index in [1.165, 1.54) is 36.2 Å². The zero-order chi connectivity index (χ0) is 26.6. The van der Waals surface area contributed by atoms with Crippen molar-refractivity contribution >= 4 is 32.6 Å². The Balaban J connectivity index is 1.67. The summed E-state index contributed by atoms with van der Waals surface area (Å²) in [6, 6.07) is 6.52. The molecule has 0 atom stereocenters. The van der Waals surface area contributed by atoms with Gasteiger partial charge in [-0.3, -0.25) is 14.3 Å². The highest BCUT2D eigenvalue weighted by atomic mass is 32.1. The van der Waals surface area contributed by atoms with Crippen LogP contribution in [0.5, 0.6) is 5.75 Å². The van der Waals surface area contributed by atoms with Crippen LogP contribution in [0.4, 0.5) is 4.39 Å². The van der Waals surface area contributed by atoms with Crippen LogP contribution in [0.25, 0.3) is 37.4 Å². The monoisotopic (exact) mass is 527 g/mol. The van der Waals surface area contributed by atoms with Gasteiger partial charge in [0.1, 0.15) is 15.7 Å². The lowest BCUT2D eigenvalue weighted by Crippen LogP contribution is -2.38. The molecule has 4 aromatic heterocycles. The van der Waals surface area contributed by atoms with E-state index in [1.54, 1.807) is 10.7 Å². The average Bonchev–Trinajstić information content (AvgIpc) is 3.51. The fraction of sp³-hybridized carbons (Fsp3) is 0.231. The molecule has 1 fully saturated rings. The molecule has 12 heteroatoms. The molecule has 188 valence electrons. The molecule has 0 radical (unpaired) electrons. The van der Waals surface area contributed by atoms with Gasteiger partial charge < -0.3 is 4.74 Å². The van der Waals surface area contributed by atoms with Crippen molar-refractivity contribution in [1.29, 1.82) is 5.26 Å². The first-order valence-corrected chi connectivity index (χ1v) is 12.5. The minimum Gasteiger partial charge on any atom is -0.494 e. The van der Waals surface area contributed by atoms with E-state index in [1.807, 2.05) is 0 Å². The van der Waals surface area contributed by atoms with Gasteiger partial charge in [-0.1, -0.05) is 11.1 Å². The van der Waals surface area contributed by atoms with Gasteiger partial charge in [0, 0.05) is 22.5 Å². The molecule has 0 N–H and O–H groups in total. The minimum absolute atomic E-state index is 0.00525. The maximum absolute atomic E-state index is 14.3. The molecular formula is C26H18FN7O3S. The largest absolute Gasteiger partial charge is 0.494 e. The molecule has 4 heterocycles. The topological polar surface area (TPSA) is 121 Å². The second-order valence-corrected chi connectivity index (χ2v) is 9.83. The van der Waals surface area contributed by atoms with Crippen LogP contribution in [0.15, 0.2) is 40.2 Å². The van der Waals surface area contributed by atoms with Crippen LogP contribution in [-0.2, 0) is 6.54 Å². The molecule has 10 nitrogen and oxygen atoms in total. The van der Waals surface area contributed by atoms with Gasteiger partial charge in [0.05, 0.1) is 49.2 Å². The quantitative estimate of drug-likeness (QED) is 0.310. The van der Waals surface area contributed by atoms with Crippen molar-refractivity contribution in [2.24, 2.45) is 0 Å². The van der Waals surface area contributed by atoms with Crippen molar-refractivity contribution in [2.45, 2.75) is 31.8 Å². The number of halogens is 1. The highest BCUT2D eigenvalue weighted by Crippen LogP contribution is 2.38. The lowest BCUT2D eigenvalue weighted by Gasteiger charge is -2.12. The number of methoxy groups -OCH3 is 1. The normalized spacial score (nSPS) is 13.1. The number of thiophene rings is 1. The summed E-state index contributed by atoms with van der Waals surface area (Å²) in [6.45, 7) is 0.0561. The molecule has 0 amide bonds. The molecule has 1 aliphatic carbocycles. The average molecular weight is 528 g/mol. The van der Waals surface area contributed by atoms with E-state index in [9.17, 15) is 19.2 Å². The summed E-state index contributed by atoms with van der Waals surface area (Å²) < 4.78 is 23.9. The summed E-state index contributed by atoms with van der Waals surface area (Å²) in [5.41, 5.74) is 1.22. The van der Waals surface area contributed by atoms with Gasteiger partial charge in [0.2, 0.25) is 0 Å². The molecule has 1 saturated carbocycles. The van der Waals surface area contributed by atoms with Gasteiger partial charge >= 0.3 is 5.69 Å². The number of rotatable bonds is 6. The fourth-order valence-electron chi connectivity index (χ4n) is 4.52. The highest BCUT2D eigenvalue weighted by Gasteiger charge is 2.29. The summed E-state index contributed by atoms with van der Waals surface area (Å²) in [4.78, 5) is 32.5. The number of nitrogens with zero attached hydrogens (tertiary/aromatic N) is 7. The number of pyridine rings is 1. The second kappa shape index (κ2) is 8.94. The number of nitriles is 1.